The molecule has 0 aliphatic rings. The Morgan fingerprint density at radius 1 is 1.07 bits per heavy atom. The van der Waals surface area contributed by atoms with Crippen molar-refractivity contribution in [1.82, 2.24) is 10.3 Å². The predicted octanol–water partition coefficient (Wildman–Crippen LogP) is 1.54. The van der Waals surface area contributed by atoms with E-state index in [4.69, 9.17) is 4.74 Å². The first-order chi connectivity index (χ1) is 18.5. The summed E-state index contributed by atoms with van der Waals surface area (Å²) in [6.45, 7) is 7.33. The van der Waals surface area contributed by atoms with E-state index in [0.29, 0.717) is 33.6 Å². The third-order valence-electron chi connectivity index (χ3n) is 5.83. The Bertz CT molecular complexity index is 1370. The Hall–Kier alpha value is -3.31. The van der Waals surface area contributed by atoms with E-state index in [1.165, 1.54) is 11.8 Å². The third kappa shape index (κ3) is 9.12. The normalized spacial score (nSPS) is 12.2. The molecule has 7 nitrogen and oxygen atoms in total. The zero-order chi connectivity index (χ0) is 28.6. The minimum absolute atomic E-state index is 0. The molecule has 2 aromatic carbocycles. The molecular formula is C31H33LiN2O5S. The fourth-order valence-corrected chi connectivity index (χ4v) is 4.42. The van der Waals surface area contributed by atoms with Crippen LogP contribution in [0.4, 0.5) is 0 Å². The molecule has 3 rings (SSSR count). The van der Waals surface area contributed by atoms with Crippen molar-refractivity contribution in [1.29, 1.82) is 0 Å². The standard InChI is InChI=1S/C31H34N2O5S.Li/c1-20-9-6-7-11-23(20)26-18-21(12-13-24(26)28(34)33-27(29(35)36)14-16-39-5)17-25(22-10-8-15-32-19-22)30(37)38-31(2,3)4;/h6-13,15,17-19,27H,14,16H2,1-5H3,(H,33,34)(H,35,36);/q;+1/p-1/b25-17-;/t27-;/m0./s1. The van der Waals surface area contributed by atoms with E-state index >= 15 is 0 Å². The van der Waals surface area contributed by atoms with E-state index < -0.39 is 29.5 Å². The molecule has 1 heterocycles. The van der Waals surface area contributed by atoms with Gasteiger partial charge in [0.2, 0.25) is 0 Å². The largest absolute Gasteiger partial charge is 1.00 e. The number of pyridine rings is 1. The van der Waals surface area contributed by atoms with Gasteiger partial charge in [0.05, 0.1) is 17.6 Å². The number of hydrogen-bond acceptors (Lipinski definition) is 7. The summed E-state index contributed by atoms with van der Waals surface area (Å²) in [6.07, 6.45) is 7.04. The second-order valence-electron chi connectivity index (χ2n) is 10.0. The summed E-state index contributed by atoms with van der Waals surface area (Å²) in [5, 5.41) is 14.3. The SMILES string of the molecule is CSCC[C@H](NC(=O)c1ccc(/C=C(\C(=O)OC(C)(C)C)c2cccnc2)cc1-c1ccccc1C)C(=O)[O-].[Li+]. The molecule has 9 heteroatoms. The molecule has 0 saturated heterocycles. The number of carboxylic acids is 1. The van der Waals surface area contributed by atoms with Gasteiger partial charge in [-0.1, -0.05) is 36.4 Å². The summed E-state index contributed by atoms with van der Waals surface area (Å²) in [4.78, 5) is 42.3. The van der Waals surface area contributed by atoms with E-state index in [1.807, 2.05) is 43.5 Å². The number of nitrogens with one attached hydrogen (secondary N) is 1. The van der Waals surface area contributed by atoms with Crippen molar-refractivity contribution in [3.05, 3.63) is 89.2 Å². The van der Waals surface area contributed by atoms with Gasteiger partial charge in [0.15, 0.2) is 0 Å². The first kappa shape index (κ1) is 32.9. The van der Waals surface area contributed by atoms with E-state index in [-0.39, 0.29) is 25.3 Å². The zero-order valence-corrected chi connectivity index (χ0v) is 24.6. The monoisotopic (exact) mass is 552 g/mol. The van der Waals surface area contributed by atoms with Crippen LogP contribution in [0.1, 0.15) is 54.2 Å². The minimum atomic E-state index is -1.33. The molecule has 3 aromatic rings. The van der Waals surface area contributed by atoms with Crippen LogP contribution in [0.5, 0.6) is 0 Å². The third-order valence-corrected chi connectivity index (χ3v) is 6.47. The van der Waals surface area contributed by atoms with Gasteiger partial charge >= 0.3 is 24.8 Å². The number of aliphatic carboxylic acids is 1. The Morgan fingerprint density at radius 3 is 2.40 bits per heavy atom. The molecule has 1 amide bonds. The number of thioether (sulfide) groups is 1. The summed E-state index contributed by atoms with van der Waals surface area (Å²) >= 11 is 1.49. The molecule has 1 atom stereocenters. The fraction of sp³-hybridized carbons (Fsp3) is 0.290. The number of carbonyl (C=O) groups excluding carboxylic acids is 3. The number of aryl methyl sites for hydroxylation is 1. The molecule has 0 unspecified atom stereocenters. The summed E-state index contributed by atoms with van der Waals surface area (Å²) < 4.78 is 5.66. The molecule has 0 bridgehead atoms. The van der Waals surface area contributed by atoms with Crippen LogP contribution in [0.15, 0.2) is 67.0 Å². The van der Waals surface area contributed by atoms with Crippen molar-refractivity contribution < 1.29 is 43.1 Å². The Labute approximate surface area is 252 Å². The number of benzene rings is 2. The maximum Gasteiger partial charge on any atom is 1.00 e. The Kier molecular flexibility index (Phi) is 12.3. The first-order valence-corrected chi connectivity index (χ1v) is 14.0. The van der Waals surface area contributed by atoms with Crippen molar-refractivity contribution in [2.75, 3.05) is 12.0 Å². The van der Waals surface area contributed by atoms with Crippen LogP contribution in [-0.2, 0) is 14.3 Å². The number of rotatable bonds is 10. The maximum atomic E-state index is 13.3. The van der Waals surface area contributed by atoms with Crippen molar-refractivity contribution in [3.8, 4) is 11.1 Å². The van der Waals surface area contributed by atoms with Gasteiger partial charge in [-0.2, -0.15) is 11.8 Å². The molecule has 0 saturated carbocycles. The number of hydrogen-bond donors (Lipinski definition) is 1. The van der Waals surface area contributed by atoms with E-state index in [9.17, 15) is 19.5 Å². The van der Waals surface area contributed by atoms with E-state index in [2.05, 4.69) is 10.3 Å². The molecule has 0 aliphatic carbocycles. The molecule has 0 fully saturated rings. The smallest absolute Gasteiger partial charge is 0.548 e. The van der Waals surface area contributed by atoms with Crippen molar-refractivity contribution >= 4 is 41.3 Å². The maximum absolute atomic E-state index is 13.3. The van der Waals surface area contributed by atoms with Gasteiger partial charge in [-0.15, -0.1) is 0 Å². The predicted molar refractivity (Wildman–Crippen MR) is 154 cm³/mol. The number of carbonyl (C=O) groups is 3. The summed E-state index contributed by atoms with van der Waals surface area (Å²) in [5.74, 6) is -1.78. The van der Waals surface area contributed by atoms with Gasteiger partial charge in [-0.05, 0) is 92.7 Å². The Morgan fingerprint density at radius 2 is 1.80 bits per heavy atom. The number of nitrogens with zero attached hydrogens (tertiary/aromatic N) is 1. The van der Waals surface area contributed by atoms with Crippen molar-refractivity contribution in [2.45, 2.75) is 45.8 Å². The molecule has 1 aromatic heterocycles. The average Bonchev–Trinajstić information content (AvgIpc) is 2.89. The number of aromatic nitrogens is 1. The molecule has 0 aliphatic heterocycles. The van der Waals surface area contributed by atoms with Crippen molar-refractivity contribution in [3.63, 3.8) is 0 Å². The van der Waals surface area contributed by atoms with Crippen LogP contribution in [0, 0.1) is 6.92 Å². The average molecular weight is 553 g/mol. The second kappa shape index (κ2) is 14.9. The number of amides is 1. The quantitative estimate of drug-likeness (QED) is 0.231. The van der Waals surface area contributed by atoms with E-state index in [1.54, 1.807) is 63.5 Å². The summed E-state index contributed by atoms with van der Waals surface area (Å²) in [6, 6.07) is 15.2. The van der Waals surface area contributed by atoms with Gasteiger partial charge in [0, 0.05) is 23.5 Å². The molecule has 40 heavy (non-hydrogen) atoms. The van der Waals surface area contributed by atoms with Crippen LogP contribution in [0.25, 0.3) is 22.8 Å². The van der Waals surface area contributed by atoms with Crippen LogP contribution >= 0.6 is 11.8 Å². The van der Waals surface area contributed by atoms with Crippen molar-refractivity contribution in [2.24, 2.45) is 0 Å². The van der Waals surface area contributed by atoms with Gasteiger partial charge < -0.3 is 20.0 Å². The van der Waals surface area contributed by atoms with Gasteiger partial charge in [-0.3, -0.25) is 9.78 Å². The number of ether oxygens (including phenoxy) is 1. The van der Waals surface area contributed by atoms with Gasteiger partial charge in [-0.25, -0.2) is 4.79 Å². The summed E-state index contributed by atoms with van der Waals surface area (Å²) in [7, 11) is 0. The Balaban J connectivity index is 0.00000560. The second-order valence-corrected chi connectivity index (χ2v) is 11.0. The van der Waals surface area contributed by atoms with Gasteiger partial charge in [0.1, 0.15) is 5.60 Å². The van der Waals surface area contributed by atoms with Crippen LogP contribution in [0.3, 0.4) is 0 Å². The topological polar surface area (TPSA) is 108 Å². The number of esters is 1. The molecule has 0 radical (unpaired) electrons. The summed E-state index contributed by atoms with van der Waals surface area (Å²) in [5.41, 5.74) is 3.55. The van der Waals surface area contributed by atoms with E-state index in [0.717, 1.165) is 11.1 Å². The van der Waals surface area contributed by atoms with Crippen LogP contribution < -0.4 is 29.3 Å². The van der Waals surface area contributed by atoms with Crippen LogP contribution in [-0.4, -0.2) is 46.5 Å². The van der Waals surface area contributed by atoms with Gasteiger partial charge in [0.25, 0.3) is 5.91 Å². The molecule has 204 valence electrons. The minimum Gasteiger partial charge on any atom is -0.548 e. The van der Waals surface area contributed by atoms with Crippen LogP contribution in [0.2, 0.25) is 0 Å². The fourth-order valence-electron chi connectivity index (χ4n) is 3.95. The zero-order valence-electron chi connectivity index (χ0n) is 23.8. The molecule has 0 spiro atoms. The first-order valence-electron chi connectivity index (χ1n) is 12.6. The molecule has 1 N–H and O–H groups in total. The number of carboxylic acid groups (broad SMARTS) is 1. The molecular weight excluding hydrogens is 519 g/mol.